The number of fused-ring (bicyclic) bond motifs is 1. The molecule has 1 N–H and O–H groups in total. The van der Waals surface area contributed by atoms with Gasteiger partial charge >= 0.3 is 6.18 Å². The third-order valence-electron chi connectivity index (χ3n) is 4.78. The van der Waals surface area contributed by atoms with E-state index in [9.17, 15) is 22.2 Å². The van der Waals surface area contributed by atoms with E-state index in [1.54, 1.807) is 25.1 Å². The average Bonchev–Trinajstić information content (AvgIpc) is 2.76. The Labute approximate surface area is 179 Å². The number of aromatic nitrogens is 2. The van der Waals surface area contributed by atoms with E-state index in [0.717, 1.165) is 6.07 Å². The minimum atomic E-state index is -4.51. The first kappa shape index (κ1) is 22.8. The second-order valence-electron chi connectivity index (χ2n) is 6.70. The molecule has 1 unspecified atom stereocenters. The number of nitrogens with zero attached hydrogens (tertiary/aromatic N) is 2. The van der Waals surface area contributed by atoms with Gasteiger partial charge in [0.25, 0.3) is 0 Å². The summed E-state index contributed by atoms with van der Waals surface area (Å²) >= 11 is 0. The molecule has 0 fully saturated rings. The summed E-state index contributed by atoms with van der Waals surface area (Å²) in [6.07, 6.45) is -4.51. The quantitative estimate of drug-likeness (QED) is 0.562. The van der Waals surface area contributed by atoms with E-state index in [0.29, 0.717) is 28.2 Å². The number of anilines is 1. The Morgan fingerprint density at radius 1 is 1.16 bits per heavy atom. The van der Waals surface area contributed by atoms with Gasteiger partial charge in [0.15, 0.2) is 5.82 Å². The van der Waals surface area contributed by atoms with Crippen LogP contribution in [0.25, 0.3) is 10.9 Å². The number of hydrogen-bond acceptors (Lipinski definition) is 5. The summed E-state index contributed by atoms with van der Waals surface area (Å²) in [6, 6.07) is 10.1. The van der Waals surface area contributed by atoms with Gasteiger partial charge in [-0.1, -0.05) is 31.2 Å². The third kappa shape index (κ3) is 5.07. The van der Waals surface area contributed by atoms with E-state index in [4.69, 9.17) is 4.74 Å². The number of rotatable bonds is 8. The third-order valence-corrected chi connectivity index (χ3v) is 6.06. The van der Waals surface area contributed by atoms with Crippen molar-refractivity contribution in [2.24, 2.45) is 0 Å². The Balaban J connectivity index is 2.03. The lowest BCUT2D eigenvalue weighted by Crippen LogP contribution is -2.22. The molecule has 0 aliphatic rings. The summed E-state index contributed by atoms with van der Waals surface area (Å²) in [6.45, 7) is 1.83. The molecule has 1 heterocycles. The summed E-state index contributed by atoms with van der Waals surface area (Å²) in [5.74, 6) is 1.14. The van der Waals surface area contributed by atoms with Crippen molar-refractivity contribution >= 4 is 27.5 Å². The van der Waals surface area contributed by atoms with Crippen LogP contribution in [0, 0.1) is 0 Å². The molecule has 31 heavy (non-hydrogen) atoms. The van der Waals surface area contributed by atoms with Crippen molar-refractivity contribution in [3.05, 3.63) is 63.8 Å². The summed E-state index contributed by atoms with van der Waals surface area (Å²) in [5.41, 5.74) is -0.778. The van der Waals surface area contributed by atoms with E-state index in [-0.39, 0.29) is 24.5 Å². The Morgan fingerprint density at radius 3 is 2.58 bits per heavy atom. The lowest BCUT2D eigenvalue weighted by Gasteiger charge is -2.16. The zero-order valence-corrected chi connectivity index (χ0v) is 17.8. The molecule has 6 nitrogen and oxygen atoms in total. The van der Waals surface area contributed by atoms with Crippen molar-refractivity contribution in [2.45, 2.75) is 26.2 Å². The zero-order valence-electron chi connectivity index (χ0n) is 17.0. The highest BCUT2D eigenvalue weighted by atomic mass is 32.2. The number of ether oxygens (including phenoxy) is 1. The van der Waals surface area contributed by atoms with Crippen molar-refractivity contribution in [2.75, 3.05) is 23.9 Å². The molecule has 0 radical (unpaired) electrons. The molecule has 166 valence electrons. The van der Waals surface area contributed by atoms with Gasteiger partial charge < -0.3 is 10.1 Å². The molecule has 2 aromatic carbocycles. The van der Waals surface area contributed by atoms with Crippen molar-refractivity contribution in [1.29, 1.82) is 0 Å². The maximum absolute atomic E-state index is 13.3. The minimum Gasteiger partial charge on any atom is -0.494 e. The monoisotopic (exact) mass is 453 g/mol. The van der Waals surface area contributed by atoms with Crippen molar-refractivity contribution in [3.8, 4) is 5.75 Å². The maximum Gasteiger partial charge on any atom is 0.416 e. The Bertz CT molecular complexity index is 1160. The summed E-state index contributed by atoms with van der Waals surface area (Å²) in [7, 11) is 0.404. The van der Waals surface area contributed by atoms with Crippen LogP contribution in [-0.4, -0.2) is 32.6 Å². The number of aryl methyl sites for hydroxylation is 1. The van der Waals surface area contributed by atoms with Crippen LogP contribution >= 0.6 is 0 Å². The fourth-order valence-corrected chi connectivity index (χ4v) is 3.89. The largest absolute Gasteiger partial charge is 0.494 e. The number of alkyl halides is 3. The van der Waals surface area contributed by atoms with Crippen LogP contribution in [0.5, 0.6) is 5.75 Å². The van der Waals surface area contributed by atoms with Gasteiger partial charge in [0.1, 0.15) is 11.3 Å². The van der Waals surface area contributed by atoms with E-state index < -0.39 is 28.0 Å². The molecular weight excluding hydrogens is 431 g/mol. The standard InChI is InChI=1S/C21H22F3N3O3S/c1-3-31(29)12-11-27-18-15(8-6-10-17(18)30-2)19(28)20(26-27)25-13-14-7-4-5-9-16(14)21(22,23)24/h4-10H,3,11-13H2,1-2H3,(H,25,26). The van der Waals surface area contributed by atoms with E-state index in [1.807, 2.05) is 0 Å². The molecule has 3 aromatic rings. The van der Waals surface area contributed by atoms with Gasteiger partial charge in [-0.2, -0.15) is 18.3 Å². The summed E-state index contributed by atoms with van der Waals surface area (Å²) in [4.78, 5) is 13.0. The Kier molecular flexibility index (Phi) is 6.99. The number of benzene rings is 2. The van der Waals surface area contributed by atoms with Crippen molar-refractivity contribution in [3.63, 3.8) is 0 Å². The summed E-state index contributed by atoms with van der Waals surface area (Å²) < 4.78 is 58.6. The maximum atomic E-state index is 13.3. The molecule has 0 aliphatic heterocycles. The smallest absolute Gasteiger partial charge is 0.416 e. The predicted octanol–water partition coefficient (Wildman–Crippen LogP) is 3.80. The summed E-state index contributed by atoms with van der Waals surface area (Å²) in [5, 5.41) is 7.38. The van der Waals surface area contributed by atoms with Crippen LogP contribution in [0.1, 0.15) is 18.1 Å². The number of hydrogen-bond donors (Lipinski definition) is 1. The van der Waals surface area contributed by atoms with Crippen molar-refractivity contribution in [1.82, 2.24) is 9.78 Å². The molecule has 0 bridgehead atoms. The van der Waals surface area contributed by atoms with E-state index in [2.05, 4.69) is 10.4 Å². The molecule has 0 saturated heterocycles. The van der Waals surface area contributed by atoms with Crippen LogP contribution in [0.2, 0.25) is 0 Å². The van der Waals surface area contributed by atoms with Crippen LogP contribution < -0.4 is 15.5 Å². The number of nitrogens with one attached hydrogen (secondary N) is 1. The fraction of sp³-hybridized carbons (Fsp3) is 0.333. The Morgan fingerprint density at radius 2 is 1.90 bits per heavy atom. The fourth-order valence-electron chi connectivity index (χ4n) is 3.22. The highest BCUT2D eigenvalue weighted by Crippen LogP contribution is 2.32. The second-order valence-corrected chi connectivity index (χ2v) is 8.56. The first-order valence-corrected chi connectivity index (χ1v) is 11.1. The number of halogens is 3. The molecule has 0 aliphatic carbocycles. The lowest BCUT2D eigenvalue weighted by molar-refractivity contribution is -0.138. The van der Waals surface area contributed by atoms with Crippen LogP contribution in [0.15, 0.2) is 47.3 Å². The van der Waals surface area contributed by atoms with Gasteiger partial charge in [0, 0.05) is 28.9 Å². The first-order chi connectivity index (χ1) is 14.8. The Hall–Kier alpha value is -2.88. The predicted molar refractivity (Wildman–Crippen MR) is 115 cm³/mol. The molecule has 0 spiro atoms. The van der Waals surface area contributed by atoms with Gasteiger partial charge in [-0.05, 0) is 23.8 Å². The van der Waals surface area contributed by atoms with E-state index in [1.165, 1.54) is 30.0 Å². The molecule has 1 aromatic heterocycles. The SMILES string of the molecule is CCS(=O)CCn1nc(NCc2ccccc2C(F)(F)F)c(=O)c2cccc(OC)c21. The van der Waals surface area contributed by atoms with Crippen LogP contribution in [-0.2, 0) is 30.1 Å². The first-order valence-electron chi connectivity index (χ1n) is 9.58. The van der Waals surface area contributed by atoms with E-state index >= 15 is 0 Å². The molecule has 0 saturated carbocycles. The van der Waals surface area contributed by atoms with Gasteiger partial charge in [0.2, 0.25) is 5.43 Å². The molecular formula is C21H22F3N3O3S. The highest BCUT2D eigenvalue weighted by molar-refractivity contribution is 7.84. The second kappa shape index (κ2) is 9.51. The molecule has 1 atom stereocenters. The van der Waals surface area contributed by atoms with Gasteiger partial charge in [-0.15, -0.1) is 0 Å². The average molecular weight is 453 g/mol. The minimum absolute atomic E-state index is 0.000533. The molecule has 10 heteroatoms. The van der Waals surface area contributed by atoms with Crippen LogP contribution in [0.3, 0.4) is 0 Å². The highest BCUT2D eigenvalue weighted by Gasteiger charge is 2.32. The van der Waals surface area contributed by atoms with Crippen LogP contribution in [0.4, 0.5) is 19.0 Å². The van der Waals surface area contributed by atoms with Gasteiger partial charge in [0.05, 0.1) is 24.6 Å². The molecule has 0 amide bonds. The van der Waals surface area contributed by atoms with Gasteiger partial charge in [-0.25, -0.2) is 0 Å². The normalized spacial score (nSPS) is 12.7. The number of para-hydroxylation sites is 1. The zero-order chi connectivity index (χ0) is 22.6. The lowest BCUT2D eigenvalue weighted by atomic mass is 10.1. The topological polar surface area (TPSA) is 73.2 Å². The molecule has 3 rings (SSSR count). The number of methoxy groups -OCH3 is 1. The van der Waals surface area contributed by atoms with Crippen molar-refractivity contribution < 1.29 is 22.1 Å². The van der Waals surface area contributed by atoms with Gasteiger partial charge in [-0.3, -0.25) is 13.7 Å².